The Morgan fingerprint density at radius 1 is 1.18 bits per heavy atom. The number of hydrogen-bond acceptors (Lipinski definition) is 5. The number of aromatic nitrogens is 2. The van der Waals surface area contributed by atoms with Gasteiger partial charge in [0.25, 0.3) is 0 Å². The monoisotopic (exact) mass is 453 g/mol. The third-order valence-corrected chi connectivity index (χ3v) is 7.12. The summed E-state index contributed by atoms with van der Waals surface area (Å²) in [5, 5.41) is 17.6. The number of fused-ring (bicyclic) bond motifs is 3. The fraction of sp³-hybridized carbons (Fsp3) is 0.560. The van der Waals surface area contributed by atoms with Crippen molar-refractivity contribution in [3.05, 3.63) is 41.6 Å². The van der Waals surface area contributed by atoms with Gasteiger partial charge in [-0.05, 0) is 36.5 Å². The van der Waals surface area contributed by atoms with E-state index >= 15 is 0 Å². The fourth-order valence-corrected chi connectivity index (χ4v) is 4.82. The molecule has 178 valence electrons. The molecule has 0 bridgehead atoms. The van der Waals surface area contributed by atoms with Gasteiger partial charge in [-0.1, -0.05) is 39.0 Å². The molecule has 0 radical (unpaired) electrons. The summed E-state index contributed by atoms with van der Waals surface area (Å²) in [6, 6.07) is 7.26. The topological polar surface area (TPSA) is 113 Å². The minimum atomic E-state index is -0.682. The number of carbonyl (C=O) groups is 2. The van der Waals surface area contributed by atoms with Crippen LogP contribution in [0.25, 0.3) is 11.3 Å². The van der Waals surface area contributed by atoms with Crippen molar-refractivity contribution < 1.29 is 14.7 Å². The van der Waals surface area contributed by atoms with E-state index in [-0.39, 0.29) is 48.7 Å². The van der Waals surface area contributed by atoms with Gasteiger partial charge >= 0.3 is 0 Å². The molecule has 2 aliphatic rings. The van der Waals surface area contributed by atoms with E-state index in [9.17, 15) is 14.7 Å². The first-order valence-electron chi connectivity index (χ1n) is 11.8. The molecule has 5 unspecified atom stereocenters. The zero-order valence-corrected chi connectivity index (χ0v) is 19.9. The maximum Gasteiger partial charge on any atom is 0.243 e. The van der Waals surface area contributed by atoms with Crippen molar-refractivity contribution >= 4 is 11.8 Å². The molecule has 8 nitrogen and oxygen atoms in total. The van der Waals surface area contributed by atoms with Crippen LogP contribution in [0.15, 0.2) is 30.5 Å². The van der Waals surface area contributed by atoms with Crippen LogP contribution in [0.1, 0.15) is 51.3 Å². The molecule has 4 N–H and O–H groups in total. The third-order valence-electron chi connectivity index (χ3n) is 7.12. The first-order valence-corrected chi connectivity index (χ1v) is 11.8. The van der Waals surface area contributed by atoms with Gasteiger partial charge in [0.2, 0.25) is 11.8 Å². The smallest absolute Gasteiger partial charge is 0.243 e. The second-order valence-corrected chi connectivity index (χ2v) is 9.94. The minimum absolute atomic E-state index is 0.0347. The van der Waals surface area contributed by atoms with Crippen molar-refractivity contribution in [2.45, 2.75) is 71.3 Å². The highest BCUT2D eigenvalue weighted by Crippen LogP contribution is 2.31. The summed E-state index contributed by atoms with van der Waals surface area (Å²) in [5.74, 6) is -0.344. The summed E-state index contributed by atoms with van der Waals surface area (Å²) >= 11 is 0. The van der Waals surface area contributed by atoms with Crippen LogP contribution in [0.2, 0.25) is 0 Å². The number of β-amino-alcohol motifs (C(OH)–C–C–N with tert-alkyl or cyclic N) is 1. The highest BCUT2D eigenvalue weighted by molar-refractivity contribution is 5.89. The van der Waals surface area contributed by atoms with Crippen LogP contribution in [-0.2, 0) is 22.6 Å². The van der Waals surface area contributed by atoms with Crippen molar-refractivity contribution in [1.29, 1.82) is 0 Å². The molecule has 4 rings (SSSR count). The molecule has 3 heterocycles. The Morgan fingerprint density at radius 3 is 2.67 bits per heavy atom. The van der Waals surface area contributed by atoms with Crippen LogP contribution in [0.4, 0.5) is 0 Å². The molecule has 2 amide bonds. The number of aliphatic hydroxyl groups is 1. The van der Waals surface area contributed by atoms with Crippen molar-refractivity contribution in [1.82, 2.24) is 20.0 Å². The van der Waals surface area contributed by atoms with Crippen LogP contribution in [-0.4, -0.2) is 56.3 Å². The van der Waals surface area contributed by atoms with Crippen molar-refractivity contribution in [3.63, 3.8) is 0 Å². The molecule has 2 aliphatic heterocycles. The van der Waals surface area contributed by atoms with Crippen LogP contribution in [0.3, 0.4) is 0 Å². The Morgan fingerprint density at radius 2 is 1.94 bits per heavy atom. The summed E-state index contributed by atoms with van der Waals surface area (Å²) in [7, 11) is 0. The van der Waals surface area contributed by atoms with Crippen molar-refractivity contribution in [2.24, 2.45) is 17.6 Å². The van der Waals surface area contributed by atoms with E-state index in [0.717, 1.165) is 28.8 Å². The maximum atomic E-state index is 13.2. The van der Waals surface area contributed by atoms with Gasteiger partial charge in [0.1, 0.15) is 6.04 Å². The lowest BCUT2D eigenvalue weighted by molar-refractivity contribution is -0.142. The number of aliphatic hydroxyl groups excluding tert-OH is 1. The number of likely N-dealkylation sites (tertiary alicyclic amines) is 1. The molecule has 1 fully saturated rings. The average Bonchev–Trinajstić information content (AvgIpc) is 3.35. The molecule has 1 aromatic heterocycles. The molecular formula is C25H35N5O3. The normalized spacial score (nSPS) is 24.1. The predicted octanol–water partition coefficient (Wildman–Crippen LogP) is 1.86. The largest absolute Gasteiger partial charge is 0.391 e. The van der Waals surface area contributed by atoms with Crippen molar-refractivity contribution in [2.75, 3.05) is 6.54 Å². The van der Waals surface area contributed by atoms with E-state index in [0.29, 0.717) is 6.54 Å². The summed E-state index contributed by atoms with van der Waals surface area (Å²) in [4.78, 5) is 27.6. The number of nitrogens with one attached hydrogen (secondary N) is 1. The highest BCUT2D eigenvalue weighted by Gasteiger charge is 2.41. The number of amides is 2. The van der Waals surface area contributed by atoms with E-state index < -0.39 is 12.1 Å². The van der Waals surface area contributed by atoms with E-state index in [4.69, 9.17) is 5.73 Å². The van der Waals surface area contributed by atoms with Crippen LogP contribution >= 0.6 is 0 Å². The van der Waals surface area contributed by atoms with E-state index in [1.165, 1.54) is 0 Å². The molecule has 2 aromatic rings. The first-order chi connectivity index (χ1) is 15.7. The average molecular weight is 454 g/mol. The van der Waals surface area contributed by atoms with E-state index in [1.807, 2.05) is 44.5 Å². The zero-order valence-electron chi connectivity index (χ0n) is 19.9. The summed E-state index contributed by atoms with van der Waals surface area (Å²) < 4.78 is 1.94. The fourth-order valence-electron chi connectivity index (χ4n) is 4.82. The Bertz CT molecular complexity index is 1030. The second kappa shape index (κ2) is 9.27. The molecule has 1 saturated heterocycles. The molecule has 8 heteroatoms. The quantitative estimate of drug-likeness (QED) is 0.640. The highest BCUT2D eigenvalue weighted by atomic mass is 16.3. The molecule has 1 aromatic carbocycles. The van der Waals surface area contributed by atoms with Gasteiger partial charge in [-0.2, -0.15) is 5.10 Å². The maximum absolute atomic E-state index is 13.2. The third kappa shape index (κ3) is 4.68. The molecule has 0 saturated carbocycles. The first kappa shape index (κ1) is 23.4. The van der Waals surface area contributed by atoms with Gasteiger partial charge in [-0.25, -0.2) is 0 Å². The Hall–Kier alpha value is -2.71. The number of rotatable bonds is 5. The molecule has 5 atom stereocenters. The van der Waals surface area contributed by atoms with Gasteiger partial charge in [0, 0.05) is 36.7 Å². The SMILES string of the molecule is CC(NC(=O)C1CC(O)CN1C(=O)C(C)C(C)C)c1ccc2c(c1)CC(N)Cn1nccc1-2. The van der Waals surface area contributed by atoms with Crippen LogP contribution in [0.5, 0.6) is 0 Å². The van der Waals surface area contributed by atoms with Gasteiger partial charge in [-0.15, -0.1) is 0 Å². The Kier molecular flexibility index (Phi) is 6.59. The summed E-state index contributed by atoms with van der Waals surface area (Å²) in [6.45, 7) is 8.66. The molecule has 0 spiro atoms. The second-order valence-electron chi connectivity index (χ2n) is 9.94. The van der Waals surface area contributed by atoms with Crippen LogP contribution < -0.4 is 11.1 Å². The number of hydrogen-bond donors (Lipinski definition) is 3. The number of carbonyl (C=O) groups excluding carboxylic acids is 2. The van der Waals surface area contributed by atoms with Gasteiger partial charge in [-0.3, -0.25) is 14.3 Å². The number of nitrogens with two attached hydrogens (primary N) is 1. The minimum Gasteiger partial charge on any atom is -0.391 e. The predicted molar refractivity (Wildman–Crippen MR) is 126 cm³/mol. The Labute approximate surface area is 195 Å². The standard InChI is InChI=1S/C25H35N5O3/c1-14(2)15(3)25(33)29-13-20(31)11-23(29)24(32)28-16(4)17-5-6-21-18(9-17)10-19(26)12-30-22(21)7-8-27-30/h5-9,14-16,19-20,23,31H,10-13,26H2,1-4H3,(H,28,32). The molecule has 0 aliphatic carbocycles. The van der Waals surface area contributed by atoms with Crippen LogP contribution in [0, 0.1) is 11.8 Å². The molecular weight excluding hydrogens is 418 g/mol. The van der Waals surface area contributed by atoms with E-state index in [1.54, 1.807) is 11.1 Å². The summed E-state index contributed by atoms with van der Waals surface area (Å²) in [6.07, 6.45) is 2.10. The van der Waals surface area contributed by atoms with Gasteiger partial charge in [0.15, 0.2) is 0 Å². The lowest BCUT2D eigenvalue weighted by atomic mass is 9.95. The number of benzene rings is 1. The van der Waals surface area contributed by atoms with Gasteiger partial charge in [0.05, 0.1) is 24.4 Å². The number of nitrogens with zero attached hydrogens (tertiary/aromatic N) is 3. The molecule has 33 heavy (non-hydrogen) atoms. The van der Waals surface area contributed by atoms with Gasteiger partial charge < -0.3 is 21.1 Å². The van der Waals surface area contributed by atoms with Crippen molar-refractivity contribution in [3.8, 4) is 11.3 Å². The lowest BCUT2D eigenvalue weighted by Crippen LogP contribution is -2.48. The van der Waals surface area contributed by atoms with E-state index in [2.05, 4.69) is 22.5 Å². The Balaban J connectivity index is 1.51. The summed E-state index contributed by atoms with van der Waals surface area (Å²) in [5.41, 5.74) is 10.6. The zero-order chi connectivity index (χ0) is 23.9. The lowest BCUT2D eigenvalue weighted by Gasteiger charge is -2.29.